The lowest BCUT2D eigenvalue weighted by molar-refractivity contribution is -0.120. The van der Waals surface area contributed by atoms with Crippen molar-refractivity contribution in [1.82, 2.24) is 15.1 Å². The van der Waals surface area contributed by atoms with Crippen molar-refractivity contribution in [2.75, 3.05) is 40.3 Å². The van der Waals surface area contributed by atoms with Crippen LogP contribution in [0.2, 0.25) is 0 Å². The minimum Gasteiger partial charge on any atom is -0.368 e. The van der Waals surface area contributed by atoms with Gasteiger partial charge < -0.3 is 16.0 Å². The van der Waals surface area contributed by atoms with Crippen LogP contribution in [0.25, 0.3) is 0 Å². The molecule has 106 valence electrons. The third-order valence-corrected chi connectivity index (χ3v) is 3.89. The van der Waals surface area contributed by atoms with E-state index in [1.54, 1.807) is 7.05 Å². The Morgan fingerprint density at radius 1 is 1.50 bits per heavy atom. The summed E-state index contributed by atoms with van der Waals surface area (Å²) in [6.07, 6.45) is 3.16. The number of hydrogen-bond donors (Lipinski definition) is 2. The van der Waals surface area contributed by atoms with Crippen LogP contribution >= 0.6 is 0 Å². The molecule has 5 nitrogen and oxygen atoms in total. The number of hydrogen-bond acceptors (Lipinski definition) is 4. The van der Waals surface area contributed by atoms with Crippen molar-refractivity contribution in [3.05, 3.63) is 0 Å². The molecule has 0 bridgehead atoms. The van der Waals surface area contributed by atoms with Crippen molar-refractivity contribution in [3.8, 4) is 0 Å². The molecule has 2 unspecified atom stereocenters. The average molecular weight is 256 g/mol. The maximum absolute atomic E-state index is 11.2. The monoisotopic (exact) mass is 256 g/mol. The van der Waals surface area contributed by atoms with E-state index in [0.29, 0.717) is 6.04 Å². The van der Waals surface area contributed by atoms with E-state index < -0.39 is 0 Å². The number of nitrogens with one attached hydrogen (secondary N) is 1. The Labute approximate surface area is 111 Å². The Morgan fingerprint density at radius 3 is 2.78 bits per heavy atom. The lowest BCUT2D eigenvalue weighted by Gasteiger charge is -2.31. The molecule has 0 aromatic rings. The number of rotatable bonds is 6. The van der Waals surface area contributed by atoms with E-state index in [-0.39, 0.29) is 11.9 Å². The molecule has 1 amide bonds. The predicted octanol–water partition coefficient (Wildman–Crippen LogP) is -0.134. The minimum absolute atomic E-state index is 0.205. The van der Waals surface area contributed by atoms with Crippen LogP contribution in [0.4, 0.5) is 0 Å². The second-order valence-corrected chi connectivity index (χ2v) is 5.25. The van der Waals surface area contributed by atoms with Gasteiger partial charge in [-0.05, 0) is 46.4 Å². The van der Waals surface area contributed by atoms with Crippen molar-refractivity contribution >= 4 is 5.91 Å². The highest BCUT2D eigenvalue weighted by Crippen LogP contribution is 2.12. The third-order valence-electron chi connectivity index (χ3n) is 3.89. The molecule has 0 aliphatic carbocycles. The van der Waals surface area contributed by atoms with Gasteiger partial charge in [0.2, 0.25) is 5.91 Å². The van der Waals surface area contributed by atoms with Gasteiger partial charge in [0, 0.05) is 19.1 Å². The van der Waals surface area contributed by atoms with Crippen LogP contribution in [0.5, 0.6) is 0 Å². The van der Waals surface area contributed by atoms with E-state index in [9.17, 15) is 4.79 Å². The van der Waals surface area contributed by atoms with Crippen molar-refractivity contribution in [2.45, 2.75) is 38.3 Å². The van der Waals surface area contributed by atoms with Gasteiger partial charge in [-0.1, -0.05) is 6.92 Å². The molecule has 0 spiro atoms. The number of nitrogens with two attached hydrogens (primary N) is 1. The Morgan fingerprint density at radius 2 is 2.22 bits per heavy atom. The fourth-order valence-electron chi connectivity index (χ4n) is 2.70. The number of primary amides is 1. The zero-order chi connectivity index (χ0) is 13.5. The highest BCUT2D eigenvalue weighted by molar-refractivity contribution is 5.79. The Balaban J connectivity index is 2.49. The summed E-state index contributed by atoms with van der Waals surface area (Å²) in [4.78, 5) is 16.1. The van der Waals surface area contributed by atoms with Crippen LogP contribution in [0.3, 0.4) is 0 Å². The molecular weight excluding hydrogens is 228 g/mol. The number of amides is 1. The number of likely N-dealkylation sites (N-methyl/N-ethyl adjacent to an activating group) is 2. The fraction of sp³-hybridized carbons (Fsp3) is 0.923. The van der Waals surface area contributed by atoms with E-state index in [1.807, 2.05) is 0 Å². The quantitative estimate of drug-likeness (QED) is 0.695. The summed E-state index contributed by atoms with van der Waals surface area (Å²) in [5.41, 5.74) is 5.35. The smallest absolute Gasteiger partial charge is 0.234 e. The average Bonchev–Trinajstić information content (AvgIpc) is 2.51. The Bertz CT molecular complexity index is 259. The fourth-order valence-corrected chi connectivity index (χ4v) is 2.70. The SMILES string of the molecule is CCC1CN(C)CCCN1CCC(NC)C(N)=O. The van der Waals surface area contributed by atoms with Gasteiger partial charge in [-0.3, -0.25) is 9.69 Å². The first-order valence-electron chi connectivity index (χ1n) is 6.97. The molecule has 5 heteroatoms. The van der Waals surface area contributed by atoms with Gasteiger partial charge in [-0.2, -0.15) is 0 Å². The molecule has 1 saturated heterocycles. The molecular formula is C13H28N4O. The minimum atomic E-state index is -0.252. The van der Waals surface area contributed by atoms with Gasteiger partial charge >= 0.3 is 0 Å². The summed E-state index contributed by atoms with van der Waals surface area (Å²) in [5.74, 6) is -0.252. The molecule has 3 N–H and O–H groups in total. The highest BCUT2D eigenvalue weighted by atomic mass is 16.1. The summed E-state index contributed by atoms with van der Waals surface area (Å²) < 4.78 is 0. The summed E-state index contributed by atoms with van der Waals surface area (Å²) >= 11 is 0. The second kappa shape index (κ2) is 7.71. The maximum atomic E-state index is 11.2. The van der Waals surface area contributed by atoms with E-state index in [4.69, 9.17) is 5.73 Å². The Kier molecular flexibility index (Phi) is 6.60. The molecule has 1 fully saturated rings. The normalized spacial score (nSPS) is 24.7. The molecule has 2 atom stereocenters. The third kappa shape index (κ3) is 4.55. The number of carbonyl (C=O) groups excluding carboxylic acids is 1. The largest absolute Gasteiger partial charge is 0.368 e. The van der Waals surface area contributed by atoms with Gasteiger partial charge in [-0.25, -0.2) is 0 Å². The number of carbonyl (C=O) groups is 1. The summed E-state index contributed by atoms with van der Waals surface area (Å²) in [6.45, 7) is 6.59. The zero-order valence-electron chi connectivity index (χ0n) is 12.0. The first-order chi connectivity index (χ1) is 8.58. The van der Waals surface area contributed by atoms with Crippen molar-refractivity contribution < 1.29 is 4.79 Å². The maximum Gasteiger partial charge on any atom is 0.234 e. The van der Waals surface area contributed by atoms with Gasteiger partial charge in [0.15, 0.2) is 0 Å². The molecule has 1 rings (SSSR count). The van der Waals surface area contributed by atoms with Crippen LogP contribution in [-0.2, 0) is 4.79 Å². The van der Waals surface area contributed by atoms with Gasteiger partial charge in [-0.15, -0.1) is 0 Å². The van der Waals surface area contributed by atoms with Gasteiger partial charge in [0.1, 0.15) is 0 Å². The van der Waals surface area contributed by atoms with Crippen molar-refractivity contribution in [3.63, 3.8) is 0 Å². The second-order valence-electron chi connectivity index (χ2n) is 5.25. The van der Waals surface area contributed by atoms with E-state index >= 15 is 0 Å². The molecule has 0 aromatic heterocycles. The van der Waals surface area contributed by atoms with E-state index in [1.165, 1.54) is 6.42 Å². The standard InChI is InChI=1S/C13H28N4O/c1-4-11-10-16(3)7-5-8-17(11)9-6-12(15-2)13(14)18/h11-12,15H,4-10H2,1-3H3,(H2,14,18). The van der Waals surface area contributed by atoms with Gasteiger partial charge in [0.05, 0.1) is 6.04 Å². The first kappa shape index (κ1) is 15.4. The molecule has 0 saturated carbocycles. The molecule has 0 radical (unpaired) electrons. The molecule has 0 aromatic carbocycles. The first-order valence-corrected chi connectivity index (χ1v) is 6.97. The summed E-state index contributed by atoms with van der Waals surface area (Å²) in [7, 11) is 3.98. The zero-order valence-corrected chi connectivity index (χ0v) is 12.0. The lowest BCUT2D eigenvalue weighted by atomic mass is 10.1. The van der Waals surface area contributed by atoms with Crippen LogP contribution in [0, 0.1) is 0 Å². The predicted molar refractivity (Wildman–Crippen MR) is 74.4 cm³/mol. The molecule has 1 heterocycles. The van der Waals surface area contributed by atoms with Crippen molar-refractivity contribution in [2.24, 2.45) is 5.73 Å². The van der Waals surface area contributed by atoms with Crippen LogP contribution < -0.4 is 11.1 Å². The summed E-state index contributed by atoms with van der Waals surface area (Å²) in [5, 5.41) is 2.99. The topological polar surface area (TPSA) is 61.6 Å². The van der Waals surface area contributed by atoms with E-state index in [2.05, 4.69) is 29.1 Å². The highest BCUT2D eigenvalue weighted by Gasteiger charge is 2.23. The Hall–Kier alpha value is -0.650. The van der Waals surface area contributed by atoms with Crippen LogP contribution in [0.15, 0.2) is 0 Å². The summed E-state index contributed by atoms with van der Waals surface area (Å²) in [6, 6.07) is 0.395. The van der Waals surface area contributed by atoms with Gasteiger partial charge in [0.25, 0.3) is 0 Å². The molecule has 1 aliphatic heterocycles. The molecule has 1 aliphatic rings. The van der Waals surface area contributed by atoms with Crippen LogP contribution in [-0.4, -0.2) is 68.1 Å². The lowest BCUT2D eigenvalue weighted by Crippen LogP contribution is -2.45. The molecule has 18 heavy (non-hydrogen) atoms. The number of nitrogens with zero attached hydrogens (tertiary/aromatic N) is 2. The van der Waals surface area contributed by atoms with Crippen molar-refractivity contribution in [1.29, 1.82) is 0 Å². The van der Waals surface area contributed by atoms with Crippen LogP contribution in [0.1, 0.15) is 26.2 Å². The van der Waals surface area contributed by atoms with E-state index in [0.717, 1.165) is 39.0 Å².